The fraction of sp³-hybridized carbons (Fsp3) is 0.280. The highest BCUT2D eigenvalue weighted by Gasteiger charge is 2.35. The van der Waals surface area contributed by atoms with E-state index in [1.165, 1.54) is 11.8 Å². The quantitative estimate of drug-likeness (QED) is 0.501. The Hall–Kier alpha value is -3.45. The fourth-order valence-electron chi connectivity index (χ4n) is 4.18. The number of aromatic amines is 1. The van der Waals surface area contributed by atoms with Gasteiger partial charge >= 0.3 is 0 Å². The molecule has 170 valence electrons. The Balaban J connectivity index is 1.52. The summed E-state index contributed by atoms with van der Waals surface area (Å²) >= 11 is 6.38. The van der Waals surface area contributed by atoms with Crippen LogP contribution in [0, 0.1) is 0 Å². The standard InChI is InChI=1S/C25H24ClN3O4/c1-3-17(31)9-11-21(14(2)30)29-13-15-12-16(8-10-18(15)25(29)33)27-24(32)23-22(26)19-6-4-5-7-20(19)28-23/h4-8,10,12,21,28H,3,9,11,13H2,1-2H3,(H,27,32). The van der Waals surface area contributed by atoms with E-state index in [1.54, 1.807) is 25.1 Å². The normalized spacial score (nSPS) is 13.8. The van der Waals surface area contributed by atoms with Gasteiger partial charge in [0.25, 0.3) is 11.8 Å². The molecule has 1 unspecified atom stereocenters. The van der Waals surface area contributed by atoms with Gasteiger partial charge in [0.2, 0.25) is 0 Å². The number of hydrogen-bond acceptors (Lipinski definition) is 4. The number of H-pyrrole nitrogens is 1. The maximum Gasteiger partial charge on any atom is 0.273 e. The third-order valence-corrected chi connectivity index (χ3v) is 6.39. The minimum atomic E-state index is -0.649. The van der Waals surface area contributed by atoms with E-state index in [1.807, 2.05) is 24.3 Å². The number of halogens is 1. The number of amides is 2. The zero-order valence-electron chi connectivity index (χ0n) is 18.4. The Morgan fingerprint density at radius 3 is 2.64 bits per heavy atom. The number of hydrogen-bond donors (Lipinski definition) is 2. The lowest BCUT2D eigenvalue weighted by molar-refractivity contribution is -0.122. The number of fused-ring (bicyclic) bond motifs is 2. The lowest BCUT2D eigenvalue weighted by Gasteiger charge is -2.25. The lowest BCUT2D eigenvalue weighted by Crippen LogP contribution is -2.40. The van der Waals surface area contributed by atoms with Crippen molar-refractivity contribution in [2.24, 2.45) is 0 Å². The molecule has 0 aliphatic carbocycles. The molecule has 1 aliphatic rings. The Kier molecular flexibility index (Phi) is 6.33. The number of nitrogens with one attached hydrogen (secondary N) is 2. The molecule has 0 radical (unpaired) electrons. The van der Waals surface area contributed by atoms with E-state index in [0.29, 0.717) is 34.7 Å². The van der Waals surface area contributed by atoms with Gasteiger partial charge in [0, 0.05) is 41.5 Å². The first-order valence-corrected chi connectivity index (χ1v) is 11.2. The molecular formula is C25H24ClN3O4. The first-order chi connectivity index (χ1) is 15.8. The second kappa shape index (κ2) is 9.19. The topological polar surface area (TPSA) is 99.3 Å². The van der Waals surface area contributed by atoms with E-state index >= 15 is 0 Å². The zero-order chi connectivity index (χ0) is 23.7. The summed E-state index contributed by atoms with van der Waals surface area (Å²) in [4.78, 5) is 54.3. The van der Waals surface area contributed by atoms with Crippen LogP contribution in [0.15, 0.2) is 42.5 Å². The number of para-hydroxylation sites is 1. The molecule has 0 spiro atoms. The van der Waals surface area contributed by atoms with Crippen molar-refractivity contribution >= 4 is 51.6 Å². The van der Waals surface area contributed by atoms with Crippen LogP contribution < -0.4 is 5.32 Å². The number of Topliss-reactive ketones (excluding diaryl/α,β-unsaturated/α-hetero) is 2. The highest BCUT2D eigenvalue weighted by atomic mass is 35.5. The summed E-state index contributed by atoms with van der Waals surface area (Å²) in [5.41, 5.74) is 2.75. The largest absolute Gasteiger partial charge is 0.349 e. The molecule has 8 heteroatoms. The Bertz CT molecular complexity index is 1280. The van der Waals surface area contributed by atoms with Gasteiger partial charge in [-0.1, -0.05) is 36.7 Å². The van der Waals surface area contributed by atoms with Crippen LogP contribution in [0.4, 0.5) is 5.69 Å². The van der Waals surface area contributed by atoms with Crippen molar-refractivity contribution in [3.63, 3.8) is 0 Å². The van der Waals surface area contributed by atoms with Crippen molar-refractivity contribution < 1.29 is 19.2 Å². The molecule has 33 heavy (non-hydrogen) atoms. The lowest BCUT2D eigenvalue weighted by atomic mass is 10.0. The van der Waals surface area contributed by atoms with E-state index in [9.17, 15) is 19.2 Å². The summed E-state index contributed by atoms with van der Waals surface area (Å²) < 4.78 is 0. The molecule has 3 aromatic rings. The molecule has 1 aliphatic heterocycles. The van der Waals surface area contributed by atoms with Gasteiger partial charge in [0.15, 0.2) is 5.78 Å². The summed E-state index contributed by atoms with van der Waals surface area (Å²) in [6, 6.07) is 11.8. The van der Waals surface area contributed by atoms with Gasteiger partial charge in [-0.05, 0) is 43.2 Å². The van der Waals surface area contributed by atoms with Crippen LogP contribution in [0.2, 0.25) is 5.02 Å². The molecule has 1 atom stereocenters. The van der Waals surface area contributed by atoms with E-state index in [-0.39, 0.29) is 36.1 Å². The predicted octanol–water partition coefficient (Wildman–Crippen LogP) is 4.75. The van der Waals surface area contributed by atoms with Gasteiger partial charge in [0.05, 0.1) is 11.1 Å². The van der Waals surface area contributed by atoms with Crippen molar-refractivity contribution in [1.29, 1.82) is 0 Å². The molecule has 2 N–H and O–H groups in total. The molecule has 1 aromatic heterocycles. The summed E-state index contributed by atoms with van der Waals surface area (Å²) in [7, 11) is 0. The first kappa shape index (κ1) is 22.7. The Morgan fingerprint density at radius 1 is 1.18 bits per heavy atom. The number of rotatable bonds is 8. The van der Waals surface area contributed by atoms with E-state index in [4.69, 9.17) is 11.6 Å². The van der Waals surface area contributed by atoms with Crippen LogP contribution in [0.1, 0.15) is 59.5 Å². The molecule has 0 saturated carbocycles. The van der Waals surface area contributed by atoms with Crippen LogP contribution in [0.5, 0.6) is 0 Å². The van der Waals surface area contributed by atoms with Crippen molar-refractivity contribution in [1.82, 2.24) is 9.88 Å². The van der Waals surface area contributed by atoms with Gasteiger partial charge in [-0.25, -0.2) is 0 Å². The van der Waals surface area contributed by atoms with Crippen LogP contribution in [-0.2, 0) is 16.1 Å². The number of benzene rings is 2. The Labute approximate surface area is 196 Å². The van der Waals surface area contributed by atoms with E-state index in [2.05, 4.69) is 10.3 Å². The van der Waals surface area contributed by atoms with Crippen LogP contribution in [0.25, 0.3) is 10.9 Å². The summed E-state index contributed by atoms with van der Waals surface area (Å²) in [5.74, 6) is -0.726. The number of carbonyl (C=O) groups is 4. The smallest absolute Gasteiger partial charge is 0.273 e. The molecule has 4 rings (SSSR count). The summed E-state index contributed by atoms with van der Waals surface area (Å²) in [5, 5.41) is 3.93. The van der Waals surface area contributed by atoms with Gasteiger partial charge in [-0.15, -0.1) is 0 Å². The molecule has 0 fully saturated rings. The average Bonchev–Trinajstić information content (AvgIpc) is 3.30. The third-order valence-electron chi connectivity index (χ3n) is 6.00. The van der Waals surface area contributed by atoms with Gasteiger partial charge in [0.1, 0.15) is 11.5 Å². The number of nitrogens with zero attached hydrogens (tertiary/aromatic N) is 1. The maximum absolute atomic E-state index is 12.9. The van der Waals surface area contributed by atoms with Gasteiger partial charge < -0.3 is 15.2 Å². The van der Waals surface area contributed by atoms with Crippen molar-refractivity contribution in [2.75, 3.05) is 5.32 Å². The minimum Gasteiger partial charge on any atom is -0.349 e. The van der Waals surface area contributed by atoms with E-state index in [0.717, 1.165) is 10.9 Å². The number of ketones is 2. The molecule has 2 heterocycles. The number of anilines is 1. The van der Waals surface area contributed by atoms with E-state index < -0.39 is 11.9 Å². The van der Waals surface area contributed by atoms with Gasteiger partial charge in [-0.3, -0.25) is 19.2 Å². The summed E-state index contributed by atoms with van der Waals surface area (Å²) in [6.07, 6.45) is 0.972. The molecule has 0 bridgehead atoms. The van der Waals surface area contributed by atoms with Crippen molar-refractivity contribution in [3.05, 3.63) is 64.3 Å². The number of carbonyl (C=O) groups excluding carboxylic acids is 4. The van der Waals surface area contributed by atoms with Crippen LogP contribution in [0.3, 0.4) is 0 Å². The first-order valence-electron chi connectivity index (χ1n) is 10.8. The fourth-order valence-corrected chi connectivity index (χ4v) is 4.48. The number of aromatic nitrogens is 1. The molecule has 2 aromatic carbocycles. The second-order valence-electron chi connectivity index (χ2n) is 8.18. The second-order valence-corrected chi connectivity index (χ2v) is 8.55. The maximum atomic E-state index is 12.9. The predicted molar refractivity (Wildman–Crippen MR) is 127 cm³/mol. The van der Waals surface area contributed by atoms with Crippen molar-refractivity contribution in [3.8, 4) is 0 Å². The molecule has 7 nitrogen and oxygen atoms in total. The molecule has 0 saturated heterocycles. The van der Waals surface area contributed by atoms with Gasteiger partial charge in [-0.2, -0.15) is 0 Å². The Morgan fingerprint density at radius 2 is 1.94 bits per heavy atom. The molecule has 2 amide bonds. The highest BCUT2D eigenvalue weighted by Crippen LogP contribution is 2.31. The third kappa shape index (κ3) is 4.41. The van der Waals surface area contributed by atoms with Crippen LogP contribution >= 0.6 is 11.6 Å². The molecular weight excluding hydrogens is 442 g/mol. The van der Waals surface area contributed by atoms with Crippen molar-refractivity contribution in [2.45, 2.75) is 45.7 Å². The summed E-state index contributed by atoms with van der Waals surface area (Å²) in [6.45, 7) is 3.46. The SMILES string of the molecule is CCC(=O)CCC(C(C)=O)N1Cc2cc(NC(=O)c3[nH]c4ccccc4c3Cl)ccc2C1=O. The van der Waals surface area contributed by atoms with Crippen LogP contribution in [-0.4, -0.2) is 39.3 Å². The highest BCUT2D eigenvalue weighted by molar-refractivity contribution is 6.39. The zero-order valence-corrected chi connectivity index (χ0v) is 19.2. The monoisotopic (exact) mass is 465 g/mol. The average molecular weight is 466 g/mol. The minimum absolute atomic E-state index is 0.0612.